The van der Waals surface area contributed by atoms with Gasteiger partial charge in [-0.25, -0.2) is 4.68 Å². The predicted molar refractivity (Wildman–Crippen MR) is 156 cm³/mol. The van der Waals surface area contributed by atoms with Gasteiger partial charge >= 0.3 is 0 Å². The van der Waals surface area contributed by atoms with Crippen LogP contribution in [0.5, 0.6) is 0 Å². The van der Waals surface area contributed by atoms with Crippen molar-refractivity contribution < 1.29 is 14.3 Å². The zero-order valence-corrected chi connectivity index (χ0v) is 23.2. The highest BCUT2D eigenvalue weighted by Crippen LogP contribution is 2.49. The monoisotopic (exact) mass is 540 g/mol. The average Bonchev–Trinajstić information content (AvgIpc) is 3.27. The van der Waals surface area contributed by atoms with Crippen LogP contribution < -0.4 is 10.2 Å². The number of hydrogen-bond donors (Lipinski definition) is 1. The summed E-state index contributed by atoms with van der Waals surface area (Å²) in [5.74, 6) is 0.493. The molecule has 0 saturated carbocycles. The van der Waals surface area contributed by atoms with Gasteiger partial charge in [0.15, 0.2) is 0 Å². The fourth-order valence-corrected chi connectivity index (χ4v) is 6.21. The van der Waals surface area contributed by atoms with Crippen LogP contribution in [0.15, 0.2) is 78.9 Å². The smallest absolute Gasteiger partial charge is 0.240 e. The number of ether oxygens (including phenoxy) is 1. The van der Waals surface area contributed by atoms with E-state index in [-0.39, 0.29) is 29.4 Å². The van der Waals surface area contributed by atoms with Gasteiger partial charge in [0.2, 0.25) is 11.8 Å². The molecule has 4 aromatic rings. The largest absolute Gasteiger partial charge is 0.383 e. The highest BCUT2D eigenvalue weighted by Gasteiger charge is 2.38. The summed E-state index contributed by atoms with van der Waals surface area (Å²) < 4.78 is 6.94. The molecule has 7 nitrogen and oxygen atoms in total. The number of benzene rings is 3. The molecule has 0 radical (unpaired) electrons. The molecule has 0 saturated heterocycles. The minimum Gasteiger partial charge on any atom is -0.383 e. The first-order chi connectivity index (χ1) is 19.0. The first-order valence-corrected chi connectivity index (χ1v) is 14.0. The van der Waals surface area contributed by atoms with Crippen LogP contribution in [0.4, 0.5) is 5.82 Å². The molecule has 2 amide bonds. The molecule has 0 fully saturated rings. The fraction of sp³-hybridized carbons (Fsp3) is 0.258. The summed E-state index contributed by atoms with van der Waals surface area (Å²) in [4.78, 5) is 28.4. The van der Waals surface area contributed by atoms with Crippen LogP contribution >= 0.6 is 11.8 Å². The molecule has 5 rings (SSSR count). The number of amides is 2. The van der Waals surface area contributed by atoms with E-state index in [1.165, 1.54) is 0 Å². The number of nitrogens with one attached hydrogen (secondary N) is 1. The molecular formula is C31H32N4O3S. The molecular weight excluding hydrogens is 508 g/mol. The summed E-state index contributed by atoms with van der Waals surface area (Å²) in [5.41, 5.74) is 6.84. The number of aromatic nitrogens is 2. The lowest BCUT2D eigenvalue weighted by Gasteiger charge is -2.24. The van der Waals surface area contributed by atoms with Gasteiger partial charge in [-0.05, 0) is 36.6 Å². The SMILES string of the molecule is COCCNC(=O)CN1C(=O)CS[C@@H](c2ccccc2C)c2c(-c3ccccc3)nn(-c3ccccc3C)c21. The van der Waals surface area contributed by atoms with Crippen molar-refractivity contribution >= 4 is 29.4 Å². The Morgan fingerprint density at radius 2 is 1.69 bits per heavy atom. The van der Waals surface area contributed by atoms with Crippen molar-refractivity contribution in [2.75, 3.05) is 37.5 Å². The molecule has 1 aliphatic heterocycles. The first kappa shape index (κ1) is 26.7. The van der Waals surface area contributed by atoms with E-state index in [9.17, 15) is 9.59 Å². The molecule has 0 aliphatic carbocycles. The lowest BCUT2D eigenvalue weighted by atomic mass is 9.96. The summed E-state index contributed by atoms with van der Waals surface area (Å²) in [5, 5.41) is 7.88. The third kappa shape index (κ3) is 5.48. The quantitative estimate of drug-likeness (QED) is 0.315. The van der Waals surface area contributed by atoms with Crippen molar-refractivity contribution in [1.82, 2.24) is 15.1 Å². The molecule has 0 spiro atoms. The van der Waals surface area contributed by atoms with Gasteiger partial charge < -0.3 is 10.1 Å². The van der Waals surface area contributed by atoms with E-state index in [2.05, 4.69) is 24.4 Å². The van der Waals surface area contributed by atoms with Crippen LogP contribution in [-0.2, 0) is 14.3 Å². The number of carbonyl (C=O) groups is 2. The highest BCUT2D eigenvalue weighted by molar-refractivity contribution is 8.00. The molecule has 1 atom stereocenters. The van der Waals surface area contributed by atoms with Gasteiger partial charge in [0, 0.05) is 24.8 Å². The summed E-state index contributed by atoms with van der Waals surface area (Å²) in [7, 11) is 1.59. The second kappa shape index (κ2) is 11.9. The van der Waals surface area contributed by atoms with Crippen molar-refractivity contribution in [2.24, 2.45) is 0 Å². The van der Waals surface area contributed by atoms with E-state index in [1.54, 1.807) is 23.8 Å². The van der Waals surface area contributed by atoms with Crippen LogP contribution in [0.3, 0.4) is 0 Å². The van der Waals surface area contributed by atoms with E-state index < -0.39 is 0 Å². The first-order valence-electron chi connectivity index (χ1n) is 13.0. The van der Waals surface area contributed by atoms with E-state index in [0.717, 1.165) is 39.2 Å². The number of carbonyl (C=O) groups excluding carboxylic acids is 2. The third-order valence-corrected chi connectivity index (χ3v) is 8.12. The van der Waals surface area contributed by atoms with Gasteiger partial charge in [-0.3, -0.25) is 14.5 Å². The van der Waals surface area contributed by atoms with E-state index in [4.69, 9.17) is 9.84 Å². The molecule has 0 bridgehead atoms. The Balaban J connectivity index is 1.78. The topological polar surface area (TPSA) is 76.5 Å². The Bertz CT molecular complexity index is 1480. The number of methoxy groups -OCH3 is 1. The molecule has 0 unspecified atom stereocenters. The summed E-state index contributed by atoms with van der Waals surface area (Å²) in [6, 6.07) is 26.3. The van der Waals surface area contributed by atoms with Crippen LogP contribution in [0.2, 0.25) is 0 Å². The molecule has 1 aromatic heterocycles. The van der Waals surface area contributed by atoms with E-state index >= 15 is 0 Å². The zero-order chi connectivity index (χ0) is 27.4. The second-order valence-electron chi connectivity index (χ2n) is 9.52. The van der Waals surface area contributed by atoms with Gasteiger partial charge in [-0.1, -0.05) is 72.8 Å². The Morgan fingerprint density at radius 3 is 2.41 bits per heavy atom. The van der Waals surface area contributed by atoms with Gasteiger partial charge in [-0.2, -0.15) is 5.10 Å². The normalized spacial score (nSPS) is 15.1. The Morgan fingerprint density at radius 1 is 1.00 bits per heavy atom. The number of aryl methyl sites for hydroxylation is 2. The molecule has 2 heterocycles. The van der Waals surface area contributed by atoms with Gasteiger partial charge in [0.25, 0.3) is 0 Å². The Hall–Kier alpha value is -3.88. The Kier molecular flexibility index (Phi) is 8.14. The number of hydrogen-bond acceptors (Lipinski definition) is 5. The van der Waals surface area contributed by atoms with Crippen molar-refractivity contribution in [3.05, 3.63) is 101 Å². The number of rotatable bonds is 8. The standard InChI is InChI=1S/C31H32N4O3S/c1-21-11-7-9-15-24(21)30-28-29(23-13-5-4-6-14-23)33-35(25-16-10-8-12-22(25)2)31(28)34(27(37)20-39-30)19-26(36)32-17-18-38-3/h4-16,30H,17-20H2,1-3H3,(H,32,36)/t30-/m0/s1. The van der Waals surface area contributed by atoms with E-state index in [1.807, 2.05) is 78.3 Å². The van der Waals surface area contributed by atoms with Crippen molar-refractivity contribution in [2.45, 2.75) is 19.1 Å². The van der Waals surface area contributed by atoms with Crippen molar-refractivity contribution in [1.29, 1.82) is 0 Å². The van der Waals surface area contributed by atoms with E-state index in [0.29, 0.717) is 19.0 Å². The van der Waals surface area contributed by atoms with Gasteiger partial charge in [0.05, 0.1) is 29.0 Å². The molecule has 3 aromatic carbocycles. The molecule has 39 heavy (non-hydrogen) atoms. The number of nitrogens with zero attached hydrogens (tertiary/aromatic N) is 3. The maximum Gasteiger partial charge on any atom is 0.240 e. The summed E-state index contributed by atoms with van der Waals surface area (Å²) in [6.07, 6.45) is 0. The van der Waals surface area contributed by atoms with Crippen LogP contribution in [-0.4, -0.2) is 54.2 Å². The van der Waals surface area contributed by atoms with Crippen LogP contribution in [0.1, 0.15) is 27.5 Å². The zero-order valence-electron chi connectivity index (χ0n) is 22.4. The molecule has 1 N–H and O–H groups in total. The fourth-order valence-electron chi connectivity index (χ4n) is 4.92. The summed E-state index contributed by atoms with van der Waals surface area (Å²) in [6.45, 7) is 4.78. The maximum absolute atomic E-state index is 13.8. The lowest BCUT2D eigenvalue weighted by molar-refractivity contribution is -0.123. The van der Waals surface area contributed by atoms with Crippen LogP contribution in [0, 0.1) is 13.8 Å². The third-order valence-electron chi connectivity index (χ3n) is 6.88. The van der Waals surface area contributed by atoms with Gasteiger partial charge in [-0.15, -0.1) is 11.8 Å². The minimum atomic E-state index is -0.246. The van der Waals surface area contributed by atoms with Gasteiger partial charge in [0.1, 0.15) is 12.4 Å². The summed E-state index contributed by atoms with van der Waals surface area (Å²) >= 11 is 1.58. The maximum atomic E-state index is 13.8. The number of thioether (sulfide) groups is 1. The lowest BCUT2D eigenvalue weighted by Crippen LogP contribution is -2.43. The molecule has 8 heteroatoms. The highest BCUT2D eigenvalue weighted by atomic mass is 32.2. The van der Waals surface area contributed by atoms with Crippen molar-refractivity contribution in [3.8, 4) is 16.9 Å². The number of fused-ring (bicyclic) bond motifs is 1. The molecule has 1 aliphatic rings. The minimum absolute atomic E-state index is 0.109. The molecule has 200 valence electrons. The number of para-hydroxylation sites is 1. The van der Waals surface area contributed by atoms with Crippen molar-refractivity contribution in [3.63, 3.8) is 0 Å². The Labute approximate surface area is 233 Å². The average molecular weight is 541 g/mol. The van der Waals surface area contributed by atoms with Crippen LogP contribution in [0.25, 0.3) is 16.9 Å². The second-order valence-corrected chi connectivity index (χ2v) is 10.6. The predicted octanol–water partition coefficient (Wildman–Crippen LogP) is 5.09. The number of anilines is 1.